The molecule has 1 aromatic carbocycles. The average molecular weight is 391 g/mol. The molecule has 3 heterocycles. The van der Waals surface area contributed by atoms with Crippen molar-refractivity contribution in [2.75, 3.05) is 20.1 Å². The molecule has 3 aromatic rings. The molecule has 150 valence electrons. The minimum Gasteiger partial charge on any atom is -0.350 e. The lowest BCUT2D eigenvalue weighted by Gasteiger charge is -2.28. The molecule has 1 fully saturated rings. The fourth-order valence-electron chi connectivity index (χ4n) is 3.90. The molecule has 0 spiro atoms. The molecular weight excluding hydrogens is 366 g/mol. The van der Waals surface area contributed by atoms with Gasteiger partial charge in [0, 0.05) is 24.3 Å². The van der Waals surface area contributed by atoms with Gasteiger partial charge in [0.25, 0.3) is 5.56 Å². The maximum absolute atomic E-state index is 12.9. The molecule has 0 aliphatic carbocycles. The van der Waals surface area contributed by atoms with Gasteiger partial charge in [-0.2, -0.15) is 5.10 Å². The Labute approximate surface area is 169 Å². The van der Waals surface area contributed by atoms with E-state index in [0.29, 0.717) is 24.2 Å². The number of amides is 1. The van der Waals surface area contributed by atoms with Gasteiger partial charge in [-0.05, 0) is 44.1 Å². The topological polar surface area (TPSA) is 80.1 Å². The van der Waals surface area contributed by atoms with Gasteiger partial charge in [-0.1, -0.05) is 24.3 Å². The Balaban J connectivity index is 1.60. The first kappa shape index (κ1) is 19.3. The number of hydrogen-bond acceptors (Lipinski definition) is 5. The first-order chi connectivity index (χ1) is 14.1. The van der Waals surface area contributed by atoms with Crippen LogP contribution in [0.3, 0.4) is 0 Å². The molecule has 1 aliphatic heterocycles. The highest BCUT2D eigenvalue weighted by Gasteiger charge is 2.24. The minimum atomic E-state index is -0.145. The highest BCUT2D eigenvalue weighted by molar-refractivity contribution is 5.84. The van der Waals surface area contributed by atoms with Crippen LogP contribution in [0.15, 0.2) is 53.6 Å². The Morgan fingerprint density at radius 2 is 2.03 bits per heavy atom. The Morgan fingerprint density at radius 1 is 1.21 bits per heavy atom. The van der Waals surface area contributed by atoms with E-state index in [1.54, 1.807) is 18.5 Å². The van der Waals surface area contributed by atoms with Gasteiger partial charge in [0.1, 0.15) is 0 Å². The first-order valence-electron chi connectivity index (χ1n) is 9.95. The van der Waals surface area contributed by atoms with E-state index in [1.807, 2.05) is 37.4 Å². The van der Waals surface area contributed by atoms with Gasteiger partial charge in [-0.3, -0.25) is 14.6 Å². The molecule has 0 radical (unpaired) electrons. The number of likely N-dealkylation sites (tertiary alicyclic amines) is 1. The monoisotopic (exact) mass is 391 g/mol. The van der Waals surface area contributed by atoms with E-state index in [9.17, 15) is 9.59 Å². The highest BCUT2D eigenvalue weighted by atomic mass is 16.2. The molecule has 1 amide bonds. The molecule has 1 aliphatic rings. The number of fused-ring (bicyclic) bond motifs is 1. The van der Waals surface area contributed by atoms with Crippen LogP contribution >= 0.6 is 0 Å². The van der Waals surface area contributed by atoms with E-state index >= 15 is 0 Å². The SMILES string of the molecule is CN1CCCC(C(=O)NCc2nn(Cc3cccnc3)c(=O)c3ccccc23)C1. The largest absolute Gasteiger partial charge is 0.350 e. The quantitative estimate of drug-likeness (QED) is 0.717. The summed E-state index contributed by atoms with van der Waals surface area (Å²) < 4.78 is 1.45. The fraction of sp³-hybridized carbons (Fsp3) is 0.364. The summed E-state index contributed by atoms with van der Waals surface area (Å²) in [5.41, 5.74) is 1.45. The van der Waals surface area contributed by atoms with Crippen LogP contribution in [-0.4, -0.2) is 45.7 Å². The summed E-state index contributed by atoms with van der Waals surface area (Å²) in [4.78, 5) is 31.8. The second-order valence-electron chi connectivity index (χ2n) is 7.64. The van der Waals surface area contributed by atoms with Crippen molar-refractivity contribution in [2.24, 2.45) is 5.92 Å². The summed E-state index contributed by atoms with van der Waals surface area (Å²) in [5.74, 6) is 0.0498. The summed E-state index contributed by atoms with van der Waals surface area (Å²) >= 11 is 0. The summed E-state index contributed by atoms with van der Waals surface area (Å²) in [6.45, 7) is 2.45. The molecule has 7 heteroatoms. The number of benzene rings is 1. The van der Waals surface area contributed by atoms with Crippen LogP contribution in [0, 0.1) is 5.92 Å². The number of pyridine rings is 1. The van der Waals surface area contributed by atoms with Gasteiger partial charge in [0.15, 0.2) is 0 Å². The maximum atomic E-state index is 12.9. The average Bonchev–Trinajstić information content (AvgIpc) is 2.75. The van der Waals surface area contributed by atoms with Crippen molar-refractivity contribution in [1.29, 1.82) is 0 Å². The first-order valence-corrected chi connectivity index (χ1v) is 9.95. The number of carbonyl (C=O) groups is 1. The van der Waals surface area contributed by atoms with Crippen LogP contribution in [0.2, 0.25) is 0 Å². The number of nitrogens with zero attached hydrogens (tertiary/aromatic N) is 4. The molecule has 4 rings (SSSR count). The molecule has 0 bridgehead atoms. The van der Waals surface area contributed by atoms with Crippen LogP contribution in [0.5, 0.6) is 0 Å². The van der Waals surface area contributed by atoms with E-state index in [-0.39, 0.29) is 17.4 Å². The van der Waals surface area contributed by atoms with Gasteiger partial charge in [-0.25, -0.2) is 4.68 Å². The van der Waals surface area contributed by atoms with Crippen molar-refractivity contribution in [1.82, 2.24) is 25.0 Å². The Kier molecular flexibility index (Phi) is 5.67. The third-order valence-corrected chi connectivity index (χ3v) is 5.42. The van der Waals surface area contributed by atoms with E-state index in [2.05, 4.69) is 20.3 Å². The number of piperidine rings is 1. The second-order valence-corrected chi connectivity index (χ2v) is 7.64. The standard InChI is InChI=1S/C22H25N5O2/c1-26-11-5-7-17(15-26)21(28)24-13-20-18-8-2-3-9-19(18)22(29)27(25-20)14-16-6-4-10-23-12-16/h2-4,6,8-10,12,17H,5,7,11,13-15H2,1H3,(H,24,28). The van der Waals surface area contributed by atoms with Crippen LogP contribution in [0.1, 0.15) is 24.1 Å². The molecule has 1 atom stereocenters. The number of nitrogens with one attached hydrogen (secondary N) is 1. The Hall–Kier alpha value is -3.06. The molecule has 1 N–H and O–H groups in total. The van der Waals surface area contributed by atoms with Crippen LogP contribution in [-0.2, 0) is 17.9 Å². The molecular formula is C22H25N5O2. The summed E-state index contributed by atoms with van der Waals surface area (Å²) in [6.07, 6.45) is 5.37. The Morgan fingerprint density at radius 3 is 2.79 bits per heavy atom. The van der Waals surface area contributed by atoms with Crippen molar-refractivity contribution >= 4 is 16.7 Å². The molecule has 1 unspecified atom stereocenters. The molecule has 29 heavy (non-hydrogen) atoms. The van der Waals surface area contributed by atoms with Crippen molar-refractivity contribution in [3.8, 4) is 0 Å². The van der Waals surface area contributed by atoms with Crippen LogP contribution in [0.4, 0.5) is 0 Å². The lowest BCUT2D eigenvalue weighted by Crippen LogP contribution is -2.41. The summed E-state index contributed by atoms with van der Waals surface area (Å²) in [5, 5.41) is 9.00. The van der Waals surface area contributed by atoms with Gasteiger partial charge in [0.2, 0.25) is 5.91 Å². The zero-order chi connectivity index (χ0) is 20.2. The second kappa shape index (κ2) is 8.53. The van der Waals surface area contributed by atoms with Crippen molar-refractivity contribution in [2.45, 2.75) is 25.9 Å². The van der Waals surface area contributed by atoms with E-state index < -0.39 is 0 Å². The minimum absolute atomic E-state index is 0.00122. The van der Waals surface area contributed by atoms with Crippen LogP contribution in [0.25, 0.3) is 10.8 Å². The van der Waals surface area contributed by atoms with Crippen molar-refractivity contribution < 1.29 is 4.79 Å². The molecule has 1 saturated heterocycles. The third kappa shape index (κ3) is 4.35. The highest BCUT2D eigenvalue weighted by Crippen LogP contribution is 2.17. The number of hydrogen-bond donors (Lipinski definition) is 1. The van der Waals surface area contributed by atoms with Crippen LogP contribution < -0.4 is 10.9 Å². The van der Waals surface area contributed by atoms with E-state index in [1.165, 1.54) is 4.68 Å². The van der Waals surface area contributed by atoms with Gasteiger partial charge >= 0.3 is 0 Å². The predicted molar refractivity (Wildman–Crippen MR) is 111 cm³/mol. The maximum Gasteiger partial charge on any atom is 0.274 e. The molecule has 2 aromatic heterocycles. The number of rotatable bonds is 5. The molecule has 0 saturated carbocycles. The van der Waals surface area contributed by atoms with E-state index in [0.717, 1.165) is 36.9 Å². The predicted octanol–water partition coefficient (Wildman–Crippen LogP) is 1.80. The third-order valence-electron chi connectivity index (χ3n) is 5.42. The lowest BCUT2D eigenvalue weighted by molar-refractivity contribution is -0.126. The summed E-state index contributed by atoms with van der Waals surface area (Å²) in [7, 11) is 2.04. The van der Waals surface area contributed by atoms with Gasteiger partial charge in [0.05, 0.1) is 30.1 Å². The number of aromatic nitrogens is 3. The Bertz CT molecular complexity index is 1060. The van der Waals surface area contributed by atoms with Crippen molar-refractivity contribution in [3.05, 3.63) is 70.4 Å². The number of carbonyl (C=O) groups excluding carboxylic acids is 1. The van der Waals surface area contributed by atoms with Gasteiger partial charge < -0.3 is 10.2 Å². The zero-order valence-electron chi connectivity index (χ0n) is 16.5. The van der Waals surface area contributed by atoms with Gasteiger partial charge in [-0.15, -0.1) is 0 Å². The fourth-order valence-corrected chi connectivity index (χ4v) is 3.90. The molecule has 7 nitrogen and oxygen atoms in total. The van der Waals surface area contributed by atoms with E-state index in [4.69, 9.17) is 0 Å². The normalized spacial score (nSPS) is 17.3. The zero-order valence-corrected chi connectivity index (χ0v) is 16.5. The summed E-state index contributed by atoms with van der Waals surface area (Å²) in [6, 6.07) is 11.2. The smallest absolute Gasteiger partial charge is 0.274 e. The van der Waals surface area contributed by atoms with Crippen molar-refractivity contribution in [3.63, 3.8) is 0 Å². The lowest BCUT2D eigenvalue weighted by atomic mass is 9.97.